The third-order valence-corrected chi connectivity index (χ3v) is 5.00. The van der Waals surface area contributed by atoms with Gasteiger partial charge in [0.1, 0.15) is 11.6 Å². The van der Waals surface area contributed by atoms with Gasteiger partial charge < -0.3 is 20.3 Å². The van der Waals surface area contributed by atoms with Crippen molar-refractivity contribution in [2.45, 2.75) is 11.3 Å². The lowest BCUT2D eigenvalue weighted by Crippen LogP contribution is -2.21. The predicted octanol–water partition coefficient (Wildman–Crippen LogP) is 5.48. The highest BCUT2D eigenvalue weighted by molar-refractivity contribution is 7.98. The topological polar surface area (TPSA) is 62.3 Å². The number of ether oxygens (including phenoxy) is 1. The van der Waals surface area contributed by atoms with Gasteiger partial charge in [-0.05, 0) is 50.7 Å². The Morgan fingerprint density at radius 3 is 2.53 bits per heavy atom. The quantitative estimate of drug-likeness (QED) is 0.408. The second kappa shape index (κ2) is 10.6. The van der Waals surface area contributed by atoms with Gasteiger partial charge in [-0.3, -0.25) is 0 Å². The van der Waals surface area contributed by atoms with Gasteiger partial charge in [-0.15, -0.1) is 24.9 Å². The Kier molecular flexibility index (Phi) is 7.81. The largest absolute Gasteiger partial charge is 0.573 e. The second-order valence-corrected chi connectivity index (χ2v) is 8.00. The van der Waals surface area contributed by atoms with Crippen LogP contribution in [-0.4, -0.2) is 54.7 Å². The lowest BCUT2D eigenvalue weighted by Gasteiger charge is -2.14. The van der Waals surface area contributed by atoms with E-state index < -0.39 is 6.36 Å². The standard InChI is InChI=1S/C22H24F3N5OS/c1-30(2)11-10-26-21-28-19(15-6-4-8-17(12-15)31-22(23,24)25)14-20(29-21)27-16-7-5-9-18(13-16)32-3/h4-9,12-14H,10-11H2,1-3H3,(H2,26,27,28,29). The first-order chi connectivity index (χ1) is 15.2. The molecular formula is C22H24F3N5OS. The number of hydrogen-bond acceptors (Lipinski definition) is 7. The van der Waals surface area contributed by atoms with Crippen molar-refractivity contribution in [1.82, 2.24) is 14.9 Å². The molecule has 0 saturated carbocycles. The van der Waals surface area contributed by atoms with Crippen molar-refractivity contribution in [2.75, 3.05) is 44.1 Å². The normalized spacial score (nSPS) is 11.5. The minimum Gasteiger partial charge on any atom is -0.406 e. The average molecular weight is 464 g/mol. The van der Waals surface area contributed by atoms with Gasteiger partial charge in [0, 0.05) is 35.3 Å². The molecule has 0 spiro atoms. The highest BCUT2D eigenvalue weighted by Gasteiger charge is 2.31. The number of thioether (sulfide) groups is 1. The maximum Gasteiger partial charge on any atom is 0.573 e. The van der Waals surface area contributed by atoms with Crippen LogP contribution in [0.4, 0.5) is 30.6 Å². The van der Waals surface area contributed by atoms with Crippen molar-refractivity contribution < 1.29 is 17.9 Å². The number of hydrogen-bond donors (Lipinski definition) is 2. The average Bonchev–Trinajstić information content (AvgIpc) is 2.72. The van der Waals surface area contributed by atoms with Gasteiger partial charge in [-0.25, -0.2) is 4.98 Å². The lowest BCUT2D eigenvalue weighted by atomic mass is 10.1. The van der Waals surface area contributed by atoms with Crippen LogP contribution in [0.25, 0.3) is 11.3 Å². The van der Waals surface area contributed by atoms with E-state index in [0.29, 0.717) is 29.6 Å². The zero-order chi connectivity index (χ0) is 23.1. The van der Waals surface area contributed by atoms with Crippen molar-refractivity contribution in [2.24, 2.45) is 0 Å². The van der Waals surface area contributed by atoms with Crippen LogP contribution in [0.5, 0.6) is 5.75 Å². The van der Waals surface area contributed by atoms with Crippen LogP contribution < -0.4 is 15.4 Å². The van der Waals surface area contributed by atoms with E-state index in [-0.39, 0.29) is 5.75 Å². The molecular weight excluding hydrogens is 439 g/mol. The first kappa shape index (κ1) is 23.7. The van der Waals surface area contributed by atoms with Crippen LogP contribution in [0.2, 0.25) is 0 Å². The first-order valence-corrected chi connectivity index (χ1v) is 11.0. The number of alkyl halides is 3. The minimum atomic E-state index is -4.77. The summed E-state index contributed by atoms with van der Waals surface area (Å²) in [4.78, 5) is 12.1. The Morgan fingerprint density at radius 1 is 1.03 bits per heavy atom. The van der Waals surface area contributed by atoms with Gasteiger partial charge in [-0.2, -0.15) is 4.98 Å². The molecule has 32 heavy (non-hydrogen) atoms. The monoisotopic (exact) mass is 463 g/mol. The van der Waals surface area contributed by atoms with E-state index in [9.17, 15) is 13.2 Å². The van der Waals surface area contributed by atoms with Crippen LogP contribution in [-0.2, 0) is 0 Å². The molecule has 3 rings (SSSR count). The molecule has 0 atom stereocenters. The van der Waals surface area contributed by atoms with E-state index in [4.69, 9.17) is 0 Å². The number of rotatable bonds is 9. The molecule has 1 aromatic heterocycles. The molecule has 0 amide bonds. The molecule has 0 aliphatic rings. The molecule has 170 valence electrons. The summed E-state index contributed by atoms with van der Waals surface area (Å²) < 4.78 is 42.0. The summed E-state index contributed by atoms with van der Waals surface area (Å²) in [7, 11) is 3.91. The van der Waals surface area contributed by atoms with E-state index in [2.05, 4.69) is 25.3 Å². The molecule has 0 aliphatic heterocycles. The van der Waals surface area contributed by atoms with Gasteiger partial charge in [0.2, 0.25) is 5.95 Å². The van der Waals surface area contributed by atoms with Crippen molar-refractivity contribution in [3.05, 3.63) is 54.6 Å². The van der Waals surface area contributed by atoms with Crippen LogP contribution in [0, 0.1) is 0 Å². The van der Waals surface area contributed by atoms with Crippen molar-refractivity contribution in [3.63, 3.8) is 0 Å². The summed E-state index contributed by atoms with van der Waals surface area (Å²) in [6.45, 7) is 1.37. The fourth-order valence-corrected chi connectivity index (χ4v) is 3.29. The van der Waals surface area contributed by atoms with Crippen molar-refractivity contribution in [1.29, 1.82) is 0 Å². The van der Waals surface area contributed by atoms with Crippen molar-refractivity contribution >= 4 is 29.2 Å². The molecule has 10 heteroatoms. The summed E-state index contributed by atoms with van der Waals surface area (Å²) in [6.07, 6.45) is -2.77. The third kappa shape index (κ3) is 7.31. The SMILES string of the molecule is CSc1cccc(Nc2cc(-c3cccc(OC(F)(F)F)c3)nc(NCCN(C)C)n2)c1. The zero-order valence-corrected chi connectivity index (χ0v) is 18.7. The molecule has 2 aromatic carbocycles. The predicted molar refractivity (Wildman–Crippen MR) is 123 cm³/mol. The highest BCUT2D eigenvalue weighted by atomic mass is 32.2. The van der Waals surface area contributed by atoms with Crippen LogP contribution >= 0.6 is 11.8 Å². The van der Waals surface area contributed by atoms with Gasteiger partial charge in [0.05, 0.1) is 5.69 Å². The Labute approximate surface area is 189 Å². The Morgan fingerprint density at radius 2 is 1.81 bits per heavy atom. The van der Waals surface area contributed by atoms with Gasteiger partial charge in [0.25, 0.3) is 0 Å². The van der Waals surface area contributed by atoms with E-state index in [1.165, 1.54) is 18.2 Å². The summed E-state index contributed by atoms with van der Waals surface area (Å²) in [5.74, 6) is 0.579. The summed E-state index contributed by atoms with van der Waals surface area (Å²) in [5.41, 5.74) is 1.78. The van der Waals surface area contributed by atoms with Crippen molar-refractivity contribution in [3.8, 4) is 17.0 Å². The molecule has 1 heterocycles. The maximum absolute atomic E-state index is 12.6. The minimum absolute atomic E-state index is 0.307. The van der Waals surface area contributed by atoms with E-state index >= 15 is 0 Å². The second-order valence-electron chi connectivity index (χ2n) is 7.12. The third-order valence-electron chi connectivity index (χ3n) is 4.27. The fourth-order valence-electron chi connectivity index (χ4n) is 2.83. The van der Waals surface area contributed by atoms with E-state index in [1.807, 2.05) is 49.5 Å². The zero-order valence-electron chi connectivity index (χ0n) is 17.9. The number of halogens is 3. The molecule has 0 fully saturated rings. The summed E-state index contributed by atoms with van der Waals surface area (Å²) >= 11 is 1.62. The molecule has 6 nitrogen and oxygen atoms in total. The van der Waals surface area contributed by atoms with Crippen LogP contribution in [0.15, 0.2) is 59.5 Å². The van der Waals surface area contributed by atoms with Crippen LogP contribution in [0.3, 0.4) is 0 Å². The Hall–Kier alpha value is -2.98. The molecule has 0 bridgehead atoms. The number of aromatic nitrogens is 2. The number of benzene rings is 2. The number of likely N-dealkylation sites (N-methyl/N-ethyl adjacent to an activating group) is 1. The molecule has 3 aromatic rings. The Bertz CT molecular complexity index is 1050. The number of anilines is 3. The van der Waals surface area contributed by atoms with E-state index in [1.54, 1.807) is 23.9 Å². The first-order valence-electron chi connectivity index (χ1n) is 9.77. The molecule has 0 unspecified atom stereocenters. The van der Waals surface area contributed by atoms with Gasteiger partial charge >= 0.3 is 6.36 Å². The van der Waals surface area contributed by atoms with E-state index in [0.717, 1.165) is 17.1 Å². The number of nitrogens with zero attached hydrogens (tertiary/aromatic N) is 3. The molecule has 0 saturated heterocycles. The maximum atomic E-state index is 12.6. The van der Waals surface area contributed by atoms with Gasteiger partial charge in [0.15, 0.2) is 0 Å². The Balaban J connectivity index is 1.93. The number of nitrogens with one attached hydrogen (secondary N) is 2. The molecule has 2 N–H and O–H groups in total. The lowest BCUT2D eigenvalue weighted by molar-refractivity contribution is -0.274. The van der Waals surface area contributed by atoms with Gasteiger partial charge in [-0.1, -0.05) is 18.2 Å². The molecule has 0 aliphatic carbocycles. The summed E-state index contributed by atoms with van der Waals surface area (Å²) in [5, 5.41) is 6.42. The highest BCUT2D eigenvalue weighted by Crippen LogP contribution is 2.29. The van der Waals surface area contributed by atoms with Crippen LogP contribution in [0.1, 0.15) is 0 Å². The molecule has 0 radical (unpaired) electrons. The smallest absolute Gasteiger partial charge is 0.406 e. The fraction of sp³-hybridized carbons (Fsp3) is 0.273. The summed E-state index contributed by atoms with van der Waals surface area (Å²) in [6, 6.07) is 15.3.